The van der Waals surface area contributed by atoms with E-state index in [-0.39, 0.29) is 34.7 Å². The molecule has 4 rings (SSSR count). The van der Waals surface area contributed by atoms with E-state index in [2.05, 4.69) is 5.32 Å². The number of hydrogen-bond acceptors (Lipinski definition) is 4. The quantitative estimate of drug-likeness (QED) is 0.867. The molecule has 2 amide bonds. The van der Waals surface area contributed by atoms with Crippen molar-refractivity contribution in [3.8, 4) is 0 Å². The van der Waals surface area contributed by atoms with Gasteiger partial charge in [-0.15, -0.1) is 0 Å². The van der Waals surface area contributed by atoms with Crippen molar-refractivity contribution in [2.24, 2.45) is 5.92 Å². The molecule has 1 saturated heterocycles. The summed E-state index contributed by atoms with van der Waals surface area (Å²) in [5.41, 5.74) is 1.14. The zero-order chi connectivity index (χ0) is 18.3. The third-order valence-corrected chi connectivity index (χ3v) is 5.16. The normalized spacial score (nSPS) is 21.0. The highest BCUT2D eigenvalue weighted by atomic mass is 16.4. The molecule has 2 aromatic rings. The number of nitrogens with one attached hydrogen (secondary N) is 1. The summed E-state index contributed by atoms with van der Waals surface area (Å²) >= 11 is 0. The maximum Gasteiger partial charge on any atom is 0.321 e. The van der Waals surface area contributed by atoms with Gasteiger partial charge in [-0.1, -0.05) is 24.3 Å². The summed E-state index contributed by atoms with van der Waals surface area (Å²) in [4.78, 5) is 37.6. The first-order chi connectivity index (χ1) is 12.5. The lowest BCUT2D eigenvalue weighted by Crippen LogP contribution is -2.50. The molecular formula is C19H18N3O4-. The first-order valence-corrected chi connectivity index (χ1v) is 8.59. The van der Waals surface area contributed by atoms with E-state index in [1.54, 1.807) is 39.8 Å². The SMILES string of the molecule is O=C([O-])c1ccccc1NC(=O)N1C[C@H]2C[C@@H](C1)c1cccc(=O)n1C2. The van der Waals surface area contributed by atoms with Crippen LogP contribution in [0.3, 0.4) is 0 Å². The number of carbonyl (C=O) groups excluding carboxylic acids is 2. The maximum absolute atomic E-state index is 12.7. The molecule has 0 aliphatic carbocycles. The summed E-state index contributed by atoms with van der Waals surface area (Å²) in [5, 5.41) is 13.9. The number of aromatic carboxylic acids is 1. The predicted molar refractivity (Wildman–Crippen MR) is 92.9 cm³/mol. The van der Waals surface area contributed by atoms with Crippen molar-refractivity contribution in [2.75, 3.05) is 18.4 Å². The molecule has 1 aromatic heterocycles. The number of para-hydroxylation sites is 1. The van der Waals surface area contributed by atoms with Gasteiger partial charge in [0.2, 0.25) is 0 Å². The number of urea groups is 1. The molecule has 2 bridgehead atoms. The van der Waals surface area contributed by atoms with Crippen LogP contribution in [0.1, 0.15) is 28.4 Å². The van der Waals surface area contributed by atoms with Crippen LogP contribution < -0.4 is 16.0 Å². The van der Waals surface area contributed by atoms with E-state index < -0.39 is 5.97 Å². The molecule has 134 valence electrons. The lowest BCUT2D eigenvalue weighted by molar-refractivity contribution is -0.254. The second-order valence-electron chi connectivity index (χ2n) is 6.87. The van der Waals surface area contributed by atoms with Crippen LogP contribution in [-0.4, -0.2) is 34.6 Å². The molecule has 0 spiro atoms. The number of pyridine rings is 1. The molecule has 0 radical (unpaired) electrons. The van der Waals surface area contributed by atoms with E-state index in [0.29, 0.717) is 19.6 Å². The van der Waals surface area contributed by atoms with Crippen LogP contribution in [0, 0.1) is 5.92 Å². The van der Waals surface area contributed by atoms with E-state index in [9.17, 15) is 19.5 Å². The number of aromatic nitrogens is 1. The second-order valence-corrected chi connectivity index (χ2v) is 6.87. The monoisotopic (exact) mass is 352 g/mol. The first-order valence-electron chi connectivity index (χ1n) is 8.59. The van der Waals surface area contributed by atoms with Gasteiger partial charge >= 0.3 is 6.03 Å². The van der Waals surface area contributed by atoms with E-state index in [4.69, 9.17) is 0 Å². The minimum atomic E-state index is -1.33. The summed E-state index contributed by atoms with van der Waals surface area (Å²) in [7, 11) is 0. The average molecular weight is 352 g/mol. The Balaban J connectivity index is 1.55. The van der Waals surface area contributed by atoms with Crippen molar-refractivity contribution in [1.29, 1.82) is 0 Å². The largest absolute Gasteiger partial charge is 0.545 e. The Morgan fingerprint density at radius 1 is 1.04 bits per heavy atom. The van der Waals surface area contributed by atoms with Crippen LogP contribution >= 0.6 is 0 Å². The number of fused-ring (bicyclic) bond motifs is 4. The highest BCUT2D eigenvalue weighted by Gasteiger charge is 2.36. The van der Waals surface area contributed by atoms with Crippen LogP contribution in [0.4, 0.5) is 10.5 Å². The Morgan fingerprint density at radius 2 is 1.85 bits per heavy atom. The molecule has 3 heterocycles. The molecule has 1 aromatic carbocycles. The van der Waals surface area contributed by atoms with Gasteiger partial charge in [-0.2, -0.15) is 0 Å². The number of piperidine rings is 1. The molecule has 7 heteroatoms. The predicted octanol–water partition coefficient (Wildman–Crippen LogP) is 0.863. The van der Waals surface area contributed by atoms with Crippen LogP contribution in [0.5, 0.6) is 0 Å². The Morgan fingerprint density at radius 3 is 2.65 bits per heavy atom. The smallest absolute Gasteiger partial charge is 0.321 e. The Hall–Kier alpha value is -3.09. The summed E-state index contributed by atoms with van der Waals surface area (Å²) < 4.78 is 1.81. The molecule has 0 saturated carbocycles. The van der Waals surface area contributed by atoms with Crippen LogP contribution in [0.15, 0.2) is 47.3 Å². The van der Waals surface area contributed by atoms with Crippen molar-refractivity contribution in [2.45, 2.75) is 18.9 Å². The Labute approximate surface area is 149 Å². The van der Waals surface area contributed by atoms with Gasteiger partial charge in [0.1, 0.15) is 0 Å². The molecule has 2 aliphatic rings. The number of anilines is 1. The van der Waals surface area contributed by atoms with Crippen LogP contribution in [0.25, 0.3) is 0 Å². The van der Waals surface area contributed by atoms with Crippen molar-refractivity contribution < 1.29 is 14.7 Å². The summed E-state index contributed by atoms with van der Waals surface area (Å²) in [6.07, 6.45) is 0.947. The summed E-state index contributed by atoms with van der Waals surface area (Å²) in [5.74, 6) is -1.01. The van der Waals surface area contributed by atoms with Crippen LogP contribution in [0.2, 0.25) is 0 Å². The van der Waals surface area contributed by atoms with Crippen LogP contribution in [-0.2, 0) is 6.54 Å². The number of benzene rings is 1. The molecule has 2 aliphatic heterocycles. The molecule has 2 atom stereocenters. The number of carbonyl (C=O) groups is 2. The second kappa shape index (κ2) is 6.33. The minimum Gasteiger partial charge on any atom is -0.545 e. The minimum absolute atomic E-state index is 0.00186. The number of amides is 2. The van der Waals surface area contributed by atoms with Gasteiger partial charge in [0.25, 0.3) is 5.56 Å². The van der Waals surface area contributed by atoms with E-state index in [1.807, 2.05) is 6.07 Å². The maximum atomic E-state index is 12.7. The number of carboxylic acids is 1. The Bertz CT molecular complexity index is 936. The van der Waals surface area contributed by atoms with Crippen molar-refractivity contribution in [3.63, 3.8) is 0 Å². The zero-order valence-electron chi connectivity index (χ0n) is 14.1. The fourth-order valence-electron chi connectivity index (χ4n) is 4.03. The average Bonchev–Trinajstić information content (AvgIpc) is 2.63. The van der Waals surface area contributed by atoms with Gasteiger partial charge in [-0.3, -0.25) is 4.79 Å². The lowest BCUT2D eigenvalue weighted by Gasteiger charge is -2.42. The standard InChI is InChI=1S/C19H19N3O4/c23-17-7-3-6-16-13-8-12(10-22(16)17)9-21(11-13)19(26)20-15-5-2-1-4-14(15)18(24)25/h1-7,12-13H,8-11H2,(H,20,26)(H,24,25)/p-1/t12-,13+/m1/s1. The first kappa shape index (κ1) is 16.4. The number of likely N-dealkylation sites (tertiary alicyclic amines) is 1. The van der Waals surface area contributed by atoms with Crippen molar-refractivity contribution >= 4 is 17.7 Å². The lowest BCUT2D eigenvalue weighted by atomic mass is 9.83. The van der Waals surface area contributed by atoms with Crippen molar-refractivity contribution in [3.05, 3.63) is 64.1 Å². The highest BCUT2D eigenvalue weighted by molar-refractivity contribution is 5.99. The molecule has 0 unspecified atom stereocenters. The third-order valence-electron chi connectivity index (χ3n) is 5.16. The molecule has 1 N–H and O–H groups in total. The zero-order valence-corrected chi connectivity index (χ0v) is 14.1. The Kier molecular flexibility index (Phi) is 3.99. The van der Waals surface area contributed by atoms with Crippen molar-refractivity contribution in [1.82, 2.24) is 9.47 Å². The number of carboxylic acid groups (broad SMARTS) is 1. The third kappa shape index (κ3) is 2.85. The van der Waals surface area contributed by atoms with Gasteiger partial charge in [0, 0.05) is 42.9 Å². The summed E-state index contributed by atoms with van der Waals surface area (Å²) in [6.45, 7) is 1.64. The fourth-order valence-corrected chi connectivity index (χ4v) is 4.03. The molecular weight excluding hydrogens is 334 g/mol. The van der Waals surface area contributed by atoms with Gasteiger partial charge in [0.05, 0.1) is 11.7 Å². The topological polar surface area (TPSA) is 94.5 Å². The van der Waals surface area contributed by atoms with Gasteiger partial charge in [-0.05, 0) is 24.5 Å². The van der Waals surface area contributed by atoms with E-state index >= 15 is 0 Å². The van der Waals surface area contributed by atoms with E-state index in [1.165, 1.54) is 6.07 Å². The van der Waals surface area contributed by atoms with Gasteiger partial charge < -0.3 is 24.7 Å². The number of hydrogen-bond donors (Lipinski definition) is 1. The number of rotatable bonds is 2. The molecule has 7 nitrogen and oxygen atoms in total. The molecule has 26 heavy (non-hydrogen) atoms. The van der Waals surface area contributed by atoms with Gasteiger partial charge in [0.15, 0.2) is 0 Å². The number of nitrogens with zero attached hydrogens (tertiary/aromatic N) is 2. The highest BCUT2D eigenvalue weighted by Crippen LogP contribution is 2.35. The fraction of sp³-hybridized carbons (Fsp3) is 0.316. The summed E-state index contributed by atoms with van der Waals surface area (Å²) in [6, 6.07) is 11.1. The molecule has 1 fully saturated rings. The van der Waals surface area contributed by atoms with E-state index in [0.717, 1.165) is 12.1 Å². The van der Waals surface area contributed by atoms with Gasteiger partial charge in [-0.25, -0.2) is 4.79 Å².